The summed E-state index contributed by atoms with van der Waals surface area (Å²) >= 11 is 0. The molecule has 0 spiro atoms. The summed E-state index contributed by atoms with van der Waals surface area (Å²) in [5.74, 6) is -0.307. The summed E-state index contributed by atoms with van der Waals surface area (Å²) in [5.41, 5.74) is 6.29. The van der Waals surface area contributed by atoms with E-state index in [1.165, 1.54) is 19.3 Å². The average Bonchev–Trinajstić information content (AvgIpc) is 2.64. The Morgan fingerprint density at radius 3 is 1.75 bits per heavy atom. The van der Waals surface area contributed by atoms with Crippen LogP contribution in [-0.4, -0.2) is 17.9 Å². The van der Waals surface area contributed by atoms with Gasteiger partial charge >= 0.3 is 0 Å². The number of amides is 2. The number of hydrogen-bond donors (Lipinski definition) is 2. The van der Waals surface area contributed by atoms with E-state index < -0.39 is 0 Å². The molecule has 1 aliphatic rings. The largest absolute Gasteiger partial charge is 0.366 e. The van der Waals surface area contributed by atoms with Crippen LogP contribution in [0.2, 0.25) is 0 Å². The third-order valence-corrected chi connectivity index (χ3v) is 4.03. The summed E-state index contributed by atoms with van der Waals surface area (Å²) in [4.78, 5) is 22.2. The van der Waals surface area contributed by atoms with Crippen LogP contribution in [-0.2, 0) is 0 Å². The van der Waals surface area contributed by atoms with E-state index in [1.54, 1.807) is 24.3 Å². The van der Waals surface area contributed by atoms with Crippen molar-refractivity contribution in [3.8, 4) is 0 Å². The van der Waals surface area contributed by atoms with E-state index >= 15 is 0 Å². The lowest BCUT2D eigenvalue weighted by Gasteiger charge is -2.22. The number of benzene rings is 2. The molecule has 2 aromatic rings. The standard InChI is InChI=1S/C13H17NO.C7H7NO/c15-13(11-7-3-1-4-8-11)14-12-9-5-2-6-10-12;8-7(9)6-4-2-1-3-5-6/h1,3-4,7-8,12H,2,5-6,9-10H2,(H,14,15);1-5H,(H2,8,9). The van der Waals surface area contributed by atoms with Crippen LogP contribution in [0.3, 0.4) is 0 Å². The molecule has 1 fully saturated rings. The van der Waals surface area contributed by atoms with Gasteiger partial charge in [-0.05, 0) is 37.1 Å². The van der Waals surface area contributed by atoms with Gasteiger partial charge in [0, 0.05) is 17.2 Å². The Balaban J connectivity index is 0.000000198. The van der Waals surface area contributed by atoms with Gasteiger partial charge in [-0.2, -0.15) is 0 Å². The average molecular weight is 324 g/mol. The molecule has 126 valence electrons. The Morgan fingerprint density at radius 2 is 1.29 bits per heavy atom. The van der Waals surface area contributed by atoms with Crippen LogP contribution < -0.4 is 11.1 Å². The maximum Gasteiger partial charge on any atom is 0.251 e. The van der Waals surface area contributed by atoms with Crippen molar-refractivity contribution in [1.29, 1.82) is 0 Å². The molecule has 24 heavy (non-hydrogen) atoms. The number of carbonyl (C=O) groups excluding carboxylic acids is 2. The first-order valence-electron chi connectivity index (χ1n) is 8.37. The van der Waals surface area contributed by atoms with Crippen molar-refractivity contribution in [2.45, 2.75) is 38.1 Å². The molecule has 4 heteroatoms. The zero-order chi connectivity index (χ0) is 17.2. The van der Waals surface area contributed by atoms with E-state index in [2.05, 4.69) is 5.32 Å². The first-order valence-corrected chi connectivity index (χ1v) is 8.37. The lowest BCUT2D eigenvalue weighted by Crippen LogP contribution is -2.36. The van der Waals surface area contributed by atoms with Crippen molar-refractivity contribution in [3.63, 3.8) is 0 Å². The van der Waals surface area contributed by atoms with Crippen molar-refractivity contribution < 1.29 is 9.59 Å². The quantitative estimate of drug-likeness (QED) is 0.906. The highest BCUT2D eigenvalue weighted by Crippen LogP contribution is 2.17. The SMILES string of the molecule is NC(=O)c1ccccc1.O=C(NC1CCCCC1)c1ccccc1. The second kappa shape index (κ2) is 9.50. The van der Waals surface area contributed by atoms with Crippen LogP contribution in [0.15, 0.2) is 60.7 Å². The fourth-order valence-electron chi connectivity index (χ4n) is 2.71. The number of nitrogens with two attached hydrogens (primary N) is 1. The Kier molecular flexibility index (Phi) is 7.02. The third-order valence-electron chi connectivity index (χ3n) is 4.03. The summed E-state index contributed by atoms with van der Waals surface area (Å²) in [6.45, 7) is 0. The number of rotatable bonds is 3. The normalized spacial score (nSPS) is 14.2. The molecule has 3 N–H and O–H groups in total. The molecule has 1 aliphatic carbocycles. The number of nitrogens with one attached hydrogen (secondary N) is 1. The summed E-state index contributed by atoms with van der Waals surface area (Å²) in [7, 11) is 0. The van der Waals surface area contributed by atoms with E-state index in [9.17, 15) is 9.59 Å². The van der Waals surface area contributed by atoms with Gasteiger partial charge < -0.3 is 11.1 Å². The molecule has 0 bridgehead atoms. The Labute approximate surface area is 143 Å². The fraction of sp³-hybridized carbons (Fsp3) is 0.300. The number of primary amides is 1. The monoisotopic (exact) mass is 324 g/mol. The van der Waals surface area contributed by atoms with Gasteiger partial charge in [-0.1, -0.05) is 55.7 Å². The Bertz CT molecular complexity index is 635. The molecule has 0 unspecified atom stereocenters. The Hall–Kier alpha value is -2.62. The summed E-state index contributed by atoms with van der Waals surface area (Å²) in [5, 5.41) is 3.10. The zero-order valence-corrected chi connectivity index (χ0v) is 13.8. The van der Waals surface area contributed by atoms with E-state index in [-0.39, 0.29) is 11.8 Å². The predicted octanol–water partition coefficient (Wildman–Crippen LogP) is 3.53. The molecule has 0 aliphatic heterocycles. The minimum absolute atomic E-state index is 0.0718. The van der Waals surface area contributed by atoms with Crippen LogP contribution >= 0.6 is 0 Å². The molecule has 3 rings (SSSR count). The first-order chi connectivity index (χ1) is 11.7. The van der Waals surface area contributed by atoms with Gasteiger partial charge in [-0.25, -0.2) is 0 Å². The molecule has 2 amide bonds. The predicted molar refractivity (Wildman–Crippen MR) is 95.7 cm³/mol. The minimum Gasteiger partial charge on any atom is -0.366 e. The minimum atomic E-state index is -0.379. The zero-order valence-electron chi connectivity index (χ0n) is 13.8. The second-order valence-corrected chi connectivity index (χ2v) is 5.90. The van der Waals surface area contributed by atoms with Gasteiger partial charge in [0.2, 0.25) is 5.91 Å². The van der Waals surface area contributed by atoms with E-state index in [0.29, 0.717) is 11.6 Å². The van der Waals surface area contributed by atoms with Gasteiger partial charge in [0.25, 0.3) is 5.91 Å². The van der Waals surface area contributed by atoms with E-state index in [4.69, 9.17) is 5.73 Å². The maximum atomic E-state index is 11.8. The summed E-state index contributed by atoms with van der Waals surface area (Å²) in [6, 6.07) is 18.6. The molecule has 0 radical (unpaired) electrons. The molecular formula is C20H24N2O2. The molecular weight excluding hydrogens is 300 g/mol. The lowest BCUT2D eigenvalue weighted by molar-refractivity contribution is 0.0927. The molecule has 0 aromatic heterocycles. The highest BCUT2D eigenvalue weighted by atomic mass is 16.2. The molecule has 0 saturated heterocycles. The summed E-state index contributed by atoms with van der Waals surface area (Å²) in [6.07, 6.45) is 6.09. The van der Waals surface area contributed by atoms with Crippen LogP contribution in [0.5, 0.6) is 0 Å². The molecule has 0 heterocycles. The van der Waals surface area contributed by atoms with Gasteiger partial charge in [0.05, 0.1) is 0 Å². The lowest BCUT2D eigenvalue weighted by atomic mass is 9.95. The number of carbonyl (C=O) groups is 2. The van der Waals surface area contributed by atoms with Gasteiger partial charge in [0.1, 0.15) is 0 Å². The summed E-state index contributed by atoms with van der Waals surface area (Å²) < 4.78 is 0. The maximum absolute atomic E-state index is 11.8. The van der Waals surface area contributed by atoms with Crippen LogP contribution in [0.4, 0.5) is 0 Å². The molecule has 2 aromatic carbocycles. The molecule has 0 atom stereocenters. The van der Waals surface area contributed by atoms with Gasteiger partial charge in [-0.15, -0.1) is 0 Å². The van der Waals surface area contributed by atoms with Crippen molar-refractivity contribution in [3.05, 3.63) is 71.8 Å². The highest BCUT2D eigenvalue weighted by molar-refractivity contribution is 5.94. The van der Waals surface area contributed by atoms with Crippen molar-refractivity contribution in [1.82, 2.24) is 5.32 Å². The van der Waals surface area contributed by atoms with Crippen LogP contribution in [0.25, 0.3) is 0 Å². The smallest absolute Gasteiger partial charge is 0.251 e. The number of hydrogen-bond acceptors (Lipinski definition) is 2. The Morgan fingerprint density at radius 1 is 0.792 bits per heavy atom. The van der Waals surface area contributed by atoms with Crippen molar-refractivity contribution in [2.24, 2.45) is 5.73 Å². The first kappa shape index (κ1) is 17.7. The van der Waals surface area contributed by atoms with E-state index in [1.807, 2.05) is 36.4 Å². The molecule has 4 nitrogen and oxygen atoms in total. The van der Waals surface area contributed by atoms with E-state index in [0.717, 1.165) is 18.4 Å². The van der Waals surface area contributed by atoms with Gasteiger partial charge in [-0.3, -0.25) is 9.59 Å². The van der Waals surface area contributed by atoms with Crippen molar-refractivity contribution >= 4 is 11.8 Å². The third kappa shape index (κ3) is 5.88. The van der Waals surface area contributed by atoms with Crippen LogP contribution in [0.1, 0.15) is 52.8 Å². The second-order valence-electron chi connectivity index (χ2n) is 5.90. The highest BCUT2D eigenvalue weighted by Gasteiger charge is 2.15. The topological polar surface area (TPSA) is 72.2 Å². The van der Waals surface area contributed by atoms with Crippen LogP contribution in [0, 0.1) is 0 Å². The van der Waals surface area contributed by atoms with Gasteiger partial charge in [0.15, 0.2) is 0 Å². The molecule has 1 saturated carbocycles. The van der Waals surface area contributed by atoms with Crippen molar-refractivity contribution in [2.75, 3.05) is 0 Å². The fourth-order valence-corrected chi connectivity index (χ4v) is 2.71.